The summed E-state index contributed by atoms with van der Waals surface area (Å²) in [6, 6.07) is 8.28. The van der Waals surface area contributed by atoms with E-state index in [-0.39, 0.29) is 30.1 Å². The number of hydrogen-bond donors (Lipinski definition) is 2. The van der Waals surface area contributed by atoms with Crippen molar-refractivity contribution in [2.45, 2.75) is 24.9 Å². The number of aliphatic imine (C=N–C) groups is 1. The topological polar surface area (TPSA) is 120 Å². The lowest BCUT2D eigenvalue weighted by atomic mass is 9.85. The van der Waals surface area contributed by atoms with Crippen LogP contribution in [-0.2, 0) is 6.18 Å². The van der Waals surface area contributed by atoms with Crippen LogP contribution in [0.2, 0.25) is 0 Å². The van der Waals surface area contributed by atoms with E-state index in [4.69, 9.17) is 20.9 Å². The van der Waals surface area contributed by atoms with E-state index in [1.165, 1.54) is 26.4 Å². The number of halogens is 3. The van der Waals surface area contributed by atoms with Gasteiger partial charge in [0.2, 0.25) is 0 Å². The van der Waals surface area contributed by atoms with Gasteiger partial charge in [0.05, 0.1) is 25.3 Å². The molecule has 2 aromatic carbocycles. The zero-order valence-electron chi connectivity index (χ0n) is 18.7. The molecule has 34 heavy (non-hydrogen) atoms. The molecule has 2 amide bonds. The molecule has 1 fully saturated rings. The van der Waals surface area contributed by atoms with Crippen molar-refractivity contribution in [3.05, 3.63) is 58.7 Å². The van der Waals surface area contributed by atoms with Crippen LogP contribution in [0.15, 0.2) is 41.4 Å². The number of carbonyl (C=O) groups is 2. The SMILES string of the molecule is COc1cccc(C(=O)N2CCC(c3ccc(C(=O)N=C(N)N)cc3C(F)(F)F)CC2)c1OC. The standard InChI is InChI=1S/C23H25F3N4O4/c1-33-18-5-3-4-16(19(18)34-2)21(32)30-10-8-13(9-11-30)15-7-6-14(20(31)29-22(27)28)12-17(15)23(24,25)26/h3-7,12-13H,8-11H2,1-2H3,(H4,27,28,29,31). The van der Waals surface area contributed by atoms with Crippen LogP contribution in [-0.4, -0.2) is 50.0 Å². The maximum absolute atomic E-state index is 13.8. The Morgan fingerprint density at radius 3 is 2.29 bits per heavy atom. The fourth-order valence-electron chi connectivity index (χ4n) is 4.09. The van der Waals surface area contributed by atoms with Gasteiger partial charge in [-0.05, 0) is 48.6 Å². The maximum Gasteiger partial charge on any atom is 0.416 e. The highest BCUT2D eigenvalue weighted by Gasteiger charge is 2.37. The second-order valence-electron chi connectivity index (χ2n) is 7.75. The first kappa shape index (κ1) is 24.9. The molecule has 0 atom stereocenters. The van der Waals surface area contributed by atoms with Crippen LogP contribution in [0.3, 0.4) is 0 Å². The first-order valence-electron chi connectivity index (χ1n) is 10.4. The van der Waals surface area contributed by atoms with Gasteiger partial charge in [-0.15, -0.1) is 0 Å². The summed E-state index contributed by atoms with van der Waals surface area (Å²) in [5, 5.41) is 0. The van der Waals surface area contributed by atoms with E-state index in [1.807, 2.05) is 0 Å². The number of amides is 2. The summed E-state index contributed by atoms with van der Waals surface area (Å²) in [7, 11) is 2.90. The molecule has 3 rings (SSSR count). The van der Waals surface area contributed by atoms with Crippen molar-refractivity contribution >= 4 is 17.8 Å². The summed E-state index contributed by atoms with van der Waals surface area (Å²) in [6.07, 6.45) is -4.03. The Hall–Kier alpha value is -3.76. The van der Waals surface area contributed by atoms with E-state index in [9.17, 15) is 22.8 Å². The molecule has 1 aliphatic rings. The first-order valence-corrected chi connectivity index (χ1v) is 10.4. The molecule has 0 spiro atoms. The monoisotopic (exact) mass is 478 g/mol. The number of likely N-dealkylation sites (tertiary alicyclic amines) is 1. The number of hydrogen-bond acceptors (Lipinski definition) is 4. The highest BCUT2D eigenvalue weighted by molar-refractivity contribution is 6.02. The molecule has 0 unspecified atom stereocenters. The lowest BCUT2D eigenvalue weighted by Gasteiger charge is -2.33. The van der Waals surface area contributed by atoms with E-state index in [1.54, 1.807) is 23.1 Å². The molecular formula is C23H25F3N4O4. The summed E-state index contributed by atoms with van der Waals surface area (Å²) in [6.45, 7) is 0.520. The Balaban J connectivity index is 1.82. The quantitative estimate of drug-likeness (QED) is 0.503. The summed E-state index contributed by atoms with van der Waals surface area (Å²) in [4.78, 5) is 29.9. The fourth-order valence-corrected chi connectivity index (χ4v) is 4.09. The van der Waals surface area contributed by atoms with Crippen LogP contribution in [0.25, 0.3) is 0 Å². The normalized spacial score (nSPS) is 14.4. The van der Waals surface area contributed by atoms with Crippen molar-refractivity contribution in [3.63, 3.8) is 0 Å². The number of piperidine rings is 1. The van der Waals surface area contributed by atoms with Crippen LogP contribution in [0, 0.1) is 0 Å². The molecule has 0 radical (unpaired) electrons. The second-order valence-corrected chi connectivity index (χ2v) is 7.75. The highest BCUT2D eigenvalue weighted by Crippen LogP contribution is 2.40. The minimum Gasteiger partial charge on any atom is -0.493 e. The molecule has 0 saturated carbocycles. The molecule has 0 aromatic heterocycles. The number of nitrogens with two attached hydrogens (primary N) is 2. The number of methoxy groups -OCH3 is 2. The van der Waals surface area contributed by atoms with Gasteiger partial charge in [0.1, 0.15) is 0 Å². The van der Waals surface area contributed by atoms with E-state index in [0.29, 0.717) is 29.9 Å². The molecule has 8 nitrogen and oxygen atoms in total. The minimum absolute atomic E-state index is 0.0693. The number of ether oxygens (including phenoxy) is 2. The number of alkyl halides is 3. The summed E-state index contributed by atoms with van der Waals surface area (Å²) >= 11 is 0. The number of guanidine groups is 1. The molecular weight excluding hydrogens is 453 g/mol. The number of benzene rings is 2. The van der Waals surface area contributed by atoms with Crippen LogP contribution >= 0.6 is 0 Å². The summed E-state index contributed by atoms with van der Waals surface area (Å²) < 4.78 is 52.0. The molecule has 4 N–H and O–H groups in total. The lowest BCUT2D eigenvalue weighted by molar-refractivity contribution is -0.138. The summed E-state index contributed by atoms with van der Waals surface area (Å²) in [5.41, 5.74) is 9.52. The smallest absolute Gasteiger partial charge is 0.416 e. The Morgan fingerprint density at radius 2 is 1.74 bits per heavy atom. The van der Waals surface area contributed by atoms with Gasteiger partial charge in [-0.25, -0.2) is 0 Å². The molecule has 1 saturated heterocycles. The second kappa shape index (κ2) is 10.0. The van der Waals surface area contributed by atoms with Gasteiger partial charge in [-0.2, -0.15) is 18.2 Å². The van der Waals surface area contributed by atoms with Crippen LogP contribution in [0.4, 0.5) is 13.2 Å². The molecule has 182 valence electrons. The Bertz CT molecular complexity index is 1110. The Morgan fingerprint density at radius 1 is 1.06 bits per heavy atom. The largest absolute Gasteiger partial charge is 0.493 e. The number of rotatable bonds is 5. The average Bonchev–Trinajstić information content (AvgIpc) is 2.81. The zero-order chi connectivity index (χ0) is 25.0. The van der Waals surface area contributed by atoms with Gasteiger partial charge >= 0.3 is 6.18 Å². The minimum atomic E-state index is -4.68. The van der Waals surface area contributed by atoms with E-state index < -0.39 is 29.5 Å². The Kier molecular flexibility index (Phi) is 7.33. The predicted molar refractivity (Wildman–Crippen MR) is 119 cm³/mol. The molecule has 0 bridgehead atoms. The van der Waals surface area contributed by atoms with Crippen LogP contribution in [0.1, 0.15) is 50.6 Å². The summed E-state index contributed by atoms with van der Waals surface area (Å²) in [5.74, 6) is -1.51. The van der Waals surface area contributed by atoms with Gasteiger partial charge in [-0.3, -0.25) is 9.59 Å². The van der Waals surface area contributed by atoms with Gasteiger partial charge in [0, 0.05) is 18.7 Å². The zero-order valence-corrected chi connectivity index (χ0v) is 18.7. The maximum atomic E-state index is 13.8. The van der Waals surface area contributed by atoms with E-state index in [0.717, 1.165) is 6.07 Å². The van der Waals surface area contributed by atoms with Gasteiger partial charge < -0.3 is 25.8 Å². The first-order chi connectivity index (χ1) is 16.1. The van der Waals surface area contributed by atoms with Crippen LogP contribution in [0.5, 0.6) is 11.5 Å². The van der Waals surface area contributed by atoms with Gasteiger partial charge in [0.15, 0.2) is 17.5 Å². The number of carbonyl (C=O) groups excluding carboxylic acids is 2. The van der Waals surface area contributed by atoms with Gasteiger partial charge in [-0.1, -0.05) is 12.1 Å². The number of nitrogens with zero attached hydrogens (tertiary/aromatic N) is 2. The third-order valence-corrected chi connectivity index (χ3v) is 5.69. The molecule has 11 heteroatoms. The van der Waals surface area contributed by atoms with E-state index in [2.05, 4.69) is 4.99 Å². The molecule has 1 heterocycles. The Labute approximate surface area is 194 Å². The molecule has 1 aliphatic heterocycles. The van der Waals surface area contributed by atoms with Gasteiger partial charge in [0.25, 0.3) is 11.8 Å². The number of para-hydroxylation sites is 1. The van der Waals surface area contributed by atoms with Crippen molar-refractivity contribution in [1.82, 2.24) is 4.90 Å². The molecule has 2 aromatic rings. The fraction of sp³-hybridized carbons (Fsp3) is 0.348. The lowest BCUT2D eigenvalue weighted by Crippen LogP contribution is -2.38. The van der Waals surface area contributed by atoms with E-state index >= 15 is 0 Å². The van der Waals surface area contributed by atoms with Crippen molar-refractivity contribution in [2.75, 3.05) is 27.3 Å². The average molecular weight is 478 g/mol. The highest BCUT2D eigenvalue weighted by atomic mass is 19.4. The van der Waals surface area contributed by atoms with Crippen molar-refractivity contribution in [3.8, 4) is 11.5 Å². The predicted octanol–water partition coefficient (Wildman–Crippen LogP) is 3.16. The van der Waals surface area contributed by atoms with Crippen molar-refractivity contribution < 1.29 is 32.2 Å². The van der Waals surface area contributed by atoms with Crippen molar-refractivity contribution in [2.24, 2.45) is 16.5 Å². The van der Waals surface area contributed by atoms with Crippen LogP contribution < -0.4 is 20.9 Å². The third-order valence-electron chi connectivity index (χ3n) is 5.69. The van der Waals surface area contributed by atoms with Crippen molar-refractivity contribution in [1.29, 1.82) is 0 Å². The third kappa shape index (κ3) is 5.24. The molecule has 0 aliphatic carbocycles.